The minimum absolute atomic E-state index is 0.0250. The number of hydrogen-bond acceptors (Lipinski definition) is 7. The van der Waals surface area contributed by atoms with Crippen molar-refractivity contribution in [2.45, 2.75) is 52.6 Å². The number of aromatic nitrogens is 4. The number of aliphatic hydroxyl groups is 1. The van der Waals surface area contributed by atoms with Gasteiger partial charge in [-0.15, -0.1) is 0 Å². The Balaban J connectivity index is 0.000000495. The number of hydrogen-bond donors (Lipinski definition) is 2. The first-order valence-electron chi connectivity index (χ1n) is 14.8. The zero-order chi connectivity index (χ0) is 31.5. The van der Waals surface area contributed by atoms with Crippen LogP contribution in [-0.4, -0.2) is 75.5 Å². The lowest BCUT2D eigenvalue weighted by Crippen LogP contribution is -2.53. The smallest absolute Gasteiger partial charge is 0.348 e. The van der Waals surface area contributed by atoms with Crippen LogP contribution < -0.4 is 10.6 Å². The number of ether oxygens (including phenoxy) is 1. The van der Waals surface area contributed by atoms with Crippen molar-refractivity contribution in [2.75, 3.05) is 44.9 Å². The molecule has 1 atom stereocenters. The van der Waals surface area contributed by atoms with Gasteiger partial charge < -0.3 is 19.3 Å². The zero-order valence-corrected chi connectivity index (χ0v) is 26.0. The number of nitrogens with one attached hydrogen (secondary N) is 1. The van der Waals surface area contributed by atoms with E-state index in [1.807, 2.05) is 32.4 Å². The third-order valence-corrected chi connectivity index (χ3v) is 7.46. The number of aliphatic hydroxyl groups excluding tert-OH is 1. The first kappa shape index (κ1) is 33.8. The molecule has 11 heteroatoms. The summed E-state index contributed by atoms with van der Waals surface area (Å²) in [5.41, 5.74) is 2.79. The molecule has 2 saturated heterocycles. The van der Waals surface area contributed by atoms with Gasteiger partial charge in [-0.1, -0.05) is 38.1 Å². The van der Waals surface area contributed by atoms with Crippen molar-refractivity contribution in [1.82, 2.24) is 24.4 Å². The van der Waals surface area contributed by atoms with Gasteiger partial charge in [-0.3, -0.25) is 9.88 Å². The summed E-state index contributed by atoms with van der Waals surface area (Å²) in [7, 11) is 2.86. The predicted octanol–water partition coefficient (Wildman–Crippen LogP) is 4.97. The lowest BCUT2D eigenvalue weighted by molar-refractivity contribution is 0.187. The van der Waals surface area contributed by atoms with Crippen LogP contribution in [0, 0.1) is 18.6 Å². The number of imidazole rings is 1. The molecule has 0 spiro atoms. The van der Waals surface area contributed by atoms with E-state index in [2.05, 4.69) is 31.7 Å². The molecule has 0 saturated carbocycles. The van der Waals surface area contributed by atoms with Crippen molar-refractivity contribution in [1.29, 1.82) is 0 Å². The van der Waals surface area contributed by atoms with E-state index in [0.29, 0.717) is 36.6 Å². The van der Waals surface area contributed by atoms with E-state index in [0.717, 1.165) is 37.3 Å². The SMILES string of the molecule is C1CCOC1.CC.CO.Cc1nc2c(N3CCN(C(c4ccc(F)cc4)c4ccc(F)cc4)CC3C)nc(=O)[nH]c2n1C. The van der Waals surface area contributed by atoms with E-state index in [1.54, 1.807) is 24.3 Å². The van der Waals surface area contributed by atoms with Crippen molar-refractivity contribution >= 4 is 17.0 Å². The zero-order valence-electron chi connectivity index (χ0n) is 26.0. The molecule has 1 unspecified atom stereocenters. The summed E-state index contributed by atoms with van der Waals surface area (Å²) in [6.45, 7) is 11.9. The van der Waals surface area contributed by atoms with Crippen LogP contribution in [0.4, 0.5) is 14.6 Å². The molecule has 2 aliphatic rings. The number of H-pyrrole nitrogens is 1. The number of nitrogens with zero attached hydrogens (tertiary/aromatic N) is 5. The van der Waals surface area contributed by atoms with Gasteiger partial charge in [0.05, 0.1) is 6.04 Å². The summed E-state index contributed by atoms with van der Waals surface area (Å²) in [4.78, 5) is 28.4. The lowest BCUT2D eigenvalue weighted by atomic mass is 9.95. The molecular weight excluding hydrogens is 554 g/mol. The van der Waals surface area contributed by atoms with Crippen molar-refractivity contribution in [3.8, 4) is 0 Å². The van der Waals surface area contributed by atoms with Gasteiger partial charge in [0.1, 0.15) is 28.6 Å². The van der Waals surface area contributed by atoms with E-state index >= 15 is 0 Å². The third kappa shape index (κ3) is 8.25. The highest BCUT2D eigenvalue weighted by Gasteiger charge is 2.32. The minimum Gasteiger partial charge on any atom is -0.400 e. The number of fused-ring (bicyclic) bond motifs is 1. The second-order valence-electron chi connectivity index (χ2n) is 10.1. The van der Waals surface area contributed by atoms with Crippen LogP contribution in [0.5, 0.6) is 0 Å². The predicted molar refractivity (Wildman–Crippen MR) is 166 cm³/mol. The van der Waals surface area contributed by atoms with Gasteiger partial charge in [-0.25, -0.2) is 18.6 Å². The maximum absolute atomic E-state index is 13.6. The Morgan fingerprint density at radius 3 is 1.93 bits per heavy atom. The maximum Gasteiger partial charge on any atom is 0.348 e. The molecule has 234 valence electrons. The Morgan fingerprint density at radius 2 is 1.47 bits per heavy atom. The van der Waals surface area contributed by atoms with Gasteiger partial charge in [0.15, 0.2) is 5.82 Å². The fourth-order valence-electron chi connectivity index (χ4n) is 5.34. The summed E-state index contributed by atoms with van der Waals surface area (Å²) >= 11 is 0. The number of anilines is 1. The molecule has 0 radical (unpaired) electrons. The monoisotopic (exact) mass is 598 g/mol. The van der Waals surface area contributed by atoms with Gasteiger partial charge in [0.2, 0.25) is 0 Å². The third-order valence-electron chi connectivity index (χ3n) is 7.46. The van der Waals surface area contributed by atoms with Crippen LogP contribution in [0.2, 0.25) is 0 Å². The van der Waals surface area contributed by atoms with Crippen molar-refractivity contribution in [2.24, 2.45) is 7.05 Å². The Kier molecular flexibility index (Phi) is 12.8. The highest BCUT2D eigenvalue weighted by molar-refractivity contribution is 5.84. The summed E-state index contributed by atoms with van der Waals surface area (Å²) in [5, 5.41) is 7.00. The van der Waals surface area contributed by atoms with E-state index < -0.39 is 5.69 Å². The fraction of sp³-hybridized carbons (Fsp3) is 0.469. The van der Waals surface area contributed by atoms with Crippen LogP contribution in [0.15, 0.2) is 53.3 Å². The van der Waals surface area contributed by atoms with Gasteiger partial charge in [0, 0.05) is 53.0 Å². The van der Waals surface area contributed by atoms with Crippen LogP contribution in [0.1, 0.15) is 56.6 Å². The fourth-order valence-corrected chi connectivity index (χ4v) is 5.34. The highest BCUT2D eigenvalue weighted by atomic mass is 19.1. The summed E-state index contributed by atoms with van der Waals surface area (Å²) < 4.78 is 34.0. The molecule has 43 heavy (non-hydrogen) atoms. The molecule has 9 nitrogen and oxygen atoms in total. The molecule has 2 N–H and O–H groups in total. The number of aryl methyl sites for hydroxylation is 2. The van der Waals surface area contributed by atoms with Crippen LogP contribution in [0.25, 0.3) is 11.2 Å². The maximum atomic E-state index is 13.6. The first-order valence-corrected chi connectivity index (χ1v) is 14.8. The van der Waals surface area contributed by atoms with Crippen LogP contribution in [0.3, 0.4) is 0 Å². The molecule has 6 rings (SSSR count). The lowest BCUT2D eigenvalue weighted by Gasteiger charge is -2.44. The summed E-state index contributed by atoms with van der Waals surface area (Å²) in [6, 6.07) is 12.8. The molecule has 2 fully saturated rings. The Hall–Kier alpha value is -3.67. The quantitative estimate of drug-likeness (QED) is 0.342. The molecular formula is C32H44F2N6O3. The number of rotatable bonds is 4. The molecule has 0 aliphatic carbocycles. The van der Waals surface area contributed by atoms with E-state index in [-0.39, 0.29) is 23.7 Å². The minimum atomic E-state index is -0.407. The van der Waals surface area contributed by atoms with Gasteiger partial charge in [0.25, 0.3) is 0 Å². The standard InChI is InChI=1S/C25H26F2N6O.C4H8O.C2H6.CH4O/c1-15-14-32(22(17-4-8-19(26)9-5-17)18-6-10-20(27)11-7-18)12-13-33(15)24-21-23(29-25(34)30-24)31(3)16(2)28-21;1-2-4-5-3-1;2*1-2/h4-11,15,22H,12-14H2,1-3H3,(H,29,30,34);1-4H2;1-2H3;2H,1H3. The van der Waals surface area contributed by atoms with E-state index in [1.165, 1.54) is 37.1 Å². The van der Waals surface area contributed by atoms with Crippen LogP contribution in [-0.2, 0) is 11.8 Å². The van der Waals surface area contributed by atoms with Crippen LogP contribution >= 0.6 is 0 Å². The van der Waals surface area contributed by atoms with Crippen molar-refractivity contribution < 1.29 is 18.6 Å². The Labute approximate surface area is 252 Å². The topological polar surface area (TPSA) is 99.5 Å². The molecule has 4 heterocycles. The number of benzene rings is 2. The molecule has 4 aromatic rings. The average Bonchev–Trinajstić information content (AvgIpc) is 3.70. The molecule has 2 aromatic heterocycles. The van der Waals surface area contributed by atoms with E-state index in [4.69, 9.17) is 9.84 Å². The average molecular weight is 599 g/mol. The Bertz CT molecular complexity index is 1420. The van der Waals surface area contributed by atoms with Gasteiger partial charge in [-0.2, -0.15) is 4.98 Å². The number of piperazine rings is 1. The largest absolute Gasteiger partial charge is 0.400 e. The number of halogens is 2. The molecule has 2 aromatic carbocycles. The normalized spacial score (nSPS) is 16.6. The van der Waals surface area contributed by atoms with Crippen molar-refractivity contribution in [3.63, 3.8) is 0 Å². The number of aromatic amines is 1. The molecule has 2 aliphatic heterocycles. The second-order valence-corrected chi connectivity index (χ2v) is 10.1. The van der Waals surface area contributed by atoms with E-state index in [9.17, 15) is 13.6 Å². The Morgan fingerprint density at radius 1 is 0.930 bits per heavy atom. The van der Waals surface area contributed by atoms with Crippen molar-refractivity contribution in [3.05, 3.63) is 87.6 Å². The highest BCUT2D eigenvalue weighted by Crippen LogP contribution is 2.33. The molecule has 0 amide bonds. The molecule has 0 bridgehead atoms. The first-order chi connectivity index (χ1) is 20.8. The summed E-state index contributed by atoms with van der Waals surface area (Å²) in [6.07, 6.45) is 2.56. The summed E-state index contributed by atoms with van der Waals surface area (Å²) in [5.74, 6) is 0.776. The van der Waals surface area contributed by atoms with Gasteiger partial charge >= 0.3 is 5.69 Å². The second kappa shape index (κ2) is 16.3. The van der Waals surface area contributed by atoms with Gasteiger partial charge in [-0.05, 0) is 62.1 Å².